The van der Waals surface area contributed by atoms with E-state index < -0.39 is 9.84 Å². The first-order chi connectivity index (χ1) is 14.7. The molecule has 4 rings (SSSR count). The number of nitrogens with zero attached hydrogens (tertiary/aromatic N) is 2. The minimum atomic E-state index is -3.28. The Hall–Kier alpha value is -2.94. The number of piperidine rings is 1. The van der Waals surface area contributed by atoms with Gasteiger partial charge in [0.05, 0.1) is 35.9 Å². The van der Waals surface area contributed by atoms with E-state index in [0.717, 1.165) is 19.1 Å². The predicted octanol–water partition coefficient (Wildman–Crippen LogP) is 2.02. The molecule has 0 aliphatic carbocycles. The lowest BCUT2D eigenvalue weighted by atomic mass is 9.98. The average molecular weight is 445 g/mol. The van der Waals surface area contributed by atoms with E-state index in [9.17, 15) is 18.0 Å². The van der Waals surface area contributed by atoms with Gasteiger partial charge in [0.2, 0.25) is 11.7 Å². The molecule has 0 radical (unpaired) electrons. The molecule has 1 aromatic carbocycles. The fourth-order valence-corrected chi connectivity index (χ4v) is 4.83. The molecule has 8 nitrogen and oxygen atoms in total. The molecule has 0 aromatic heterocycles. The highest BCUT2D eigenvalue weighted by Gasteiger charge is 2.34. The van der Waals surface area contributed by atoms with Gasteiger partial charge < -0.3 is 14.4 Å². The van der Waals surface area contributed by atoms with Crippen LogP contribution in [0.4, 0.5) is 0 Å². The number of ketones is 1. The zero-order chi connectivity index (χ0) is 22.2. The third-order valence-electron chi connectivity index (χ3n) is 5.62. The quantitative estimate of drug-likeness (QED) is 0.689. The largest absolute Gasteiger partial charge is 0.495 e. The number of amides is 1. The predicted molar refractivity (Wildman–Crippen MR) is 114 cm³/mol. The molecule has 0 spiro atoms. The molecule has 2 atom stereocenters. The number of aliphatic imine (C=N–C) groups is 1. The van der Waals surface area contributed by atoms with Crippen LogP contribution in [0.25, 0.3) is 0 Å². The number of fused-ring (bicyclic) bond motifs is 1. The van der Waals surface area contributed by atoms with Crippen LogP contribution in [0.15, 0.2) is 52.5 Å². The molecule has 1 fully saturated rings. The zero-order valence-corrected chi connectivity index (χ0v) is 18.2. The fourth-order valence-electron chi connectivity index (χ4n) is 4.01. The maximum Gasteiger partial charge on any atom is 0.254 e. The zero-order valence-electron chi connectivity index (χ0n) is 17.4. The summed E-state index contributed by atoms with van der Waals surface area (Å²) in [5.41, 5.74) is 1.96. The van der Waals surface area contributed by atoms with Gasteiger partial charge in [-0.2, -0.15) is 0 Å². The molecular weight excluding hydrogens is 420 g/mol. The molecule has 3 aliphatic rings. The van der Waals surface area contributed by atoms with Gasteiger partial charge in [0, 0.05) is 17.9 Å². The molecule has 1 amide bonds. The van der Waals surface area contributed by atoms with Crippen molar-refractivity contribution in [2.24, 2.45) is 4.99 Å². The molecule has 31 heavy (non-hydrogen) atoms. The molecule has 1 aromatic rings. The Kier molecular flexibility index (Phi) is 5.70. The highest BCUT2D eigenvalue weighted by Crippen LogP contribution is 2.30. The minimum absolute atomic E-state index is 0.0157. The van der Waals surface area contributed by atoms with Gasteiger partial charge in [0.15, 0.2) is 9.84 Å². The van der Waals surface area contributed by atoms with Crippen LogP contribution in [0.5, 0.6) is 0 Å². The Morgan fingerprint density at radius 1 is 1.29 bits per heavy atom. The van der Waals surface area contributed by atoms with Crippen LogP contribution >= 0.6 is 0 Å². The van der Waals surface area contributed by atoms with Gasteiger partial charge in [-0.15, -0.1) is 0 Å². The molecule has 0 unspecified atom stereocenters. The highest BCUT2D eigenvalue weighted by atomic mass is 32.2. The van der Waals surface area contributed by atoms with Crippen LogP contribution in [0.3, 0.4) is 0 Å². The van der Waals surface area contributed by atoms with Crippen molar-refractivity contribution in [1.29, 1.82) is 0 Å². The van der Waals surface area contributed by atoms with Crippen LogP contribution in [0.2, 0.25) is 0 Å². The molecule has 3 heterocycles. The number of hydrogen-bond donors (Lipinski definition) is 0. The summed E-state index contributed by atoms with van der Waals surface area (Å²) in [6.07, 6.45) is 4.96. The third kappa shape index (κ3) is 4.56. The lowest BCUT2D eigenvalue weighted by Gasteiger charge is -2.38. The Bertz CT molecular complexity index is 1120. The summed E-state index contributed by atoms with van der Waals surface area (Å²) in [6.45, 7) is 2.55. The Balaban J connectivity index is 1.53. The van der Waals surface area contributed by atoms with E-state index in [1.165, 1.54) is 12.5 Å². The lowest BCUT2D eigenvalue weighted by molar-refractivity contribution is -0.109. The van der Waals surface area contributed by atoms with E-state index in [1.54, 1.807) is 29.2 Å². The van der Waals surface area contributed by atoms with Gasteiger partial charge in [0.25, 0.3) is 5.91 Å². The van der Waals surface area contributed by atoms with Crippen LogP contribution in [-0.4, -0.2) is 62.8 Å². The van der Waals surface area contributed by atoms with Crippen LogP contribution < -0.4 is 0 Å². The van der Waals surface area contributed by atoms with Crippen molar-refractivity contribution in [3.8, 4) is 0 Å². The maximum atomic E-state index is 13.3. The summed E-state index contributed by atoms with van der Waals surface area (Å²) in [6, 6.07) is 6.78. The molecule has 3 aliphatic heterocycles. The first-order valence-corrected chi connectivity index (χ1v) is 12.2. The second kappa shape index (κ2) is 8.30. The van der Waals surface area contributed by atoms with Crippen molar-refractivity contribution >= 4 is 27.7 Å². The molecule has 1 saturated heterocycles. The van der Waals surface area contributed by atoms with Gasteiger partial charge in [-0.05, 0) is 31.4 Å². The average Bonchev–Trinajstić information content (AvgIpc) is 3.21. The van der Waals surface area contributed by atoms with E-state index in [-0.39, 0.29) is 36.2 Å². The summed E-state index contributed by atoms with van der Waals surface area (Å²) in [7, 11) is -3.28. The molecule has 0 bridgehead atoms. The number of hydrogen-bond acceptors (Lipinski definition) is 7. The smallest absolute Gasteiger partial charge is 0.254 e. The van der Waals surface area contributed by atoms with E-state index in [1.807, 2.05) is 6.92 Å². The maximum absolute atomic E-state index is 13.3. The summed E-state index contributed by atoms with van der Waals surface area (Å²) in [5, 5.41) is 0. The third-order valence-corrected chi connectivity index (χ3v) is 6.46. The monoisotopic (exact) mass is 444 g/mol. The first kappa shape index (κ1) is 21.3. The summed E-state index contributed by atoms with van der Waals surface area (Å²) in [4.78, 5) is 31.1. The molecule has 0 saturated carbocycles. The van der Waals surface area contributed by atoms with E-state index in [0.29, 0.717) is 34.7 Å². The SMILES string of the molecule is C[C@@H]1CC[C@@H](OC2=C3COC=C3C(=O)C=N2)CN1C(=O)c1ccccc1CS(C)(=O)=O. The first-order valence-electron chi connectivity index (χ1n) is 10.1. The highest BCUT2D eigenvalue weighted by molar-refractivity contribution is 7.89. The number of ether oxygens (including phenoxy) is 2. The standard InChI is InChI=1S/C22H24N2O6S/c1-14-7-8-16(30-21-19-12-29-11-18(19)20(25)9-23-21)10-24(14)22(26)17-6-4-3-5-15(17)13-31(2,27)28/h3-6,9,11,14,16H,7-8,10,12-13H2,1-2H3/t14-,16-/m1/s1. The molecule has 164 valence electrons. The van der Waals surface area contributed by atoms with Crippen LogP contribution in [0, 0.1) is 0 Å². The summed E-state index contributed by atoms with van der Waals surface area (Å²) in [5.74, 6) is -0.264. The Morgan fingerprint density at radius 3 is 2.84 bits per heavy atom. The van der Waals surface area contributed by atoms with E-state index in [4.69, 9.17) is 9.47 Å². The van der Waals surface area contributed by atoms with Crippen molar-refractivity contribution in [3.63, 3.8) is 0 Å². The van der Waals surface area contributed by atoms with E-state index in [2.05, 4.69) is 4.99 Å². The number of carbonyl (C=O) groups excluding carboxylic acids is 2. The number of Topliss-reactive ketones (excluding diaryl/α,β-unsaturated/α-hetero) is 1. The van der Waals surface area contributed by atoms with Gasteiger partial charge in [-0.3, -0.25) is 9.59 Å². The van der Waals surface area contributed by atoms with Crippen LogP contribution in [-0.2, 0) is 29.9 Å². The van der Waals surface area contributed by atoms with Gasteiger partial charge in [-0.25, -0.2) is 13.4 Å². The number of benzene rings is 1. The van der Waals surface area contributed by atoms with Crippen molar-refractivity contribution in [2.45, 2.75) is 37.7 Å². The van der Waals surface area contributed by atoms with Crippen molar-refractivity contribution in [3.05, 3.63) is 58.7 Å². The fraction of sp³-hybridized carbons (Fsp3) is 0.409. The number of sulfone groups is 1. The number of rotatable bonds is 5. The molecular formula is C22H24N2O6S. The number of likely N-dealkylation sites (tertiary alicyclic amines) is 1. The van der Waals surface area contributed by atoms with Gasteiger partial charge >= 0.3 is 0 Å². The topological polar surface area (TPSA) is 102 Å². The Morgan fingerprint density at radius 2 is 2.06 bits per heavy atom. The van der Waals surface area contributed by atoms with E-state index >= 15 is 0 Å². The van der Waals surface area contributed by atoms with Crippen molar-refractivity contribution < 1.29 is 27.5 Å². The minimum Gasteiger partial charge on any atom is -0.495 e. The van der Waals surface area contributed by atoms with Gasteiger partial charge in [0.1, 0.15) is 12.7 Å². The van der Waals surface area contributed by atoms with Gasteiger partial charge in [-0.1, -0.05) is 18.2 Å². The molecule has 9 heteroatoms. The number of carbonyl (C=O) groups is 2. The lowest BCUT2D eigenvalue weighted by Crippen LogP contribution is -2.48. The summed E-state index contributed by atoms with van der Waals surface area (Å²) >= 11 is 0. The second-order valence-corrected chi connectivity index (χ2v) is 10.2. The summed E-state index contributed by atoms with van der Waals surface area (Å²) < 4.78 is 34.9. The molecule has 0 N–H and O–H groups in total. The van der Waals surface area contributed by atoms with Crippen LogP contribution in [0.1, 0.15) is 35.7 Å². The second-order valence-electron chi connectivity index (χ2n) is 8.10. The Labute approximate surface area is 181 Å². The van der Waals surface area contributed by atoms with Crippen molar-refractivity contribution in [1.82, 2.24) is 4.90 Å². The van der Waals surface area contributed by atoms with Crippen molar-refractivity contribution in [2.75, 3.05) is 19.4 Å². The normalized spacial score (nSPS) is 23.4.